The molecule has 1 heterocycles. The van der Waals surface area contributed by atoms with Crippen LogP contribution < -0.4 is 16.4 Å². The van der Waals surface area contributed by atoms with Crippen LogP contribution in [0.25, 0.3) is 0 Å². The Labute approximate surface area is 291 Å². The molecular formula is C43H40BNPt. The minimum atomic E-state index is 0. The second kappa shape index (κ2) is 18.5. The topological polar surface area (TPSA) is 12.9 Å². The zero-order chi connectivity index (χ0) is 32.0. The molecule has 230 valence electrons. The Morgan fingerprint density at radius 3 is 1.37 bits per heavy atom. The van der Waals surface area contributed by atoms with Gasteiger partial charge in [0.15, 0.2) is 0 Å². The summed E-state index contributed by atoms with van der Waals surface area (Å²) in [6.07, 6.45) is 1.79. The van der Waals surface area contributed by atoms with Crippen LogP contribution in [0.4, 0.5) is 0 Å². The van der Waals surface area contributed by atoms with Crippen LogP contribution in [0.5, 0.6) is 0 Å². The number of benzene rings is 5. The van der Waals surface area contributed by atoms with Gasteiger partial charge in [-0.3, -0.25) is 0 Å². The van der Waals surface area contributed by atoms with Gasteiger partial charge in [0, 0.05) is 11.8 Å². The first kappa shape index (κ1) is 36.0. The van der Waals surface area contributed by atoms with Gasteiger partial charge in [-0.05, 0) is 65.7 Å². The fourth-order valence-electron chi connectivity index (χ4n) is 5.86. The maximum Gasteiger partial charge on any atom is 2.00 e. The molecule has 0 radical (unpaired) electrons. The summed E-state index contributed by atoms with van der Waals surface area (Å²) in [6, 6.07) is 48.6. The molecule has 46 heavy (non-hydrogen) atoms. The van der Waals surface area contributed by atoms with Crippen molar-refractivity contribution in [3.63, 3.8) is 0 Å². The van der Waals surface area contributed by atoms with E-state index in [2.05, 4.69) is 119 Å². The molecule has 0 saturated carbocycles. The predicted octanol–water partition coefficient (Wildman–Crippen LogP) is 7.82. The number of rotatable bonds is 3. The van der Waals surface area contributed by atoms with Crippen molar-refractivity contribution in [1.82, 2.24) is 4.98 Å². The first-order valence-electron chi connectivity index (χ1n) is 15.3. The summed E-state index contributed by atoms with van der Waals surface area (Å²) < 4.78 is 0. The number of nitrogens with zero attached hydrogens (tertiary/aromatic N) is 1. The minimum Gasteiger partial charge on any atom is -0.248 e. The molecule has 1 nitrogen and oxygen atoms in total. The SMILES string of the molecule is Cc1cc(C)c(B(c2ccccc2C#Cc2ccccn2)c2c(C)cc(C)cc2C)c(C)c1.[Pt+2].[c-]1ccccc1.[c-]1ccccc1. The quantitative estimate of drug-likeness (QED) is 0.102. The third-order valence-corrected chi connectivity index (χ3v) is 7.53. The summed E-state index contributed by atoms with van der Waals surface area (Å²) in [5.41, 5.74) is 13.7. The van der Waals surface area contributed by atoms with Crippen LogP contribution in [0.3, 0.4) is 0 Å². The van der Waals surface area contributed by atoms with Gasteiger partial charge >= 0.3 is 21.1 Å². The second-order valence-electron chi connectivity index (χ2n) is 11.3. The van der Waals surface area contributed by atoms with Gasteiger partial charge in [-0.15, -0.1) is 0 Å². The van der Waals surface area contributed by atoms with Crippen LogP contribution in [-0.2, 0) is 21.1 Å². The monoisotopic (exact) mass is 776 g/mol. The summed E-state index contributed by atoms with van der Waals surface area (Å²) in [4.78, 5) is 4.39. The maximum absolute atomic E-state index is 4.39. The average molecular weight is 777 g/mol. The second-order valence-corrected chi connectivity index (χ2v) is 11.3. The summed E-state index contributed by atoms with van der Waals surface area (Å²) in [6.45, 7) is 13.4. The van der Waals surface area contributed by atoms with E-state index in [1.54, 1.807) is 6.20 Å². The molecule has 0 unspecified atom stereocenters. The largest absolute Gasteiger partial charge is 2.00 e. The standard InChI is InChI=1S/C31H30BN.2C6H5.Pt/c1-21-17-23(3)30(24(4)18-21)32(31-25(5)19-22(2)20-26(31)6)29-13-8-7-11-27(29)14-15-28-12-9-10-16-33-28;2*1-2-4-6-5-3-1;/h7-13,16-20H,1-6H3;2*1-5H;/q;2*-1;+2. The van der Waals surface area contributed by atoms with Gasteiger partial charge in [-0.2, -0.15) is 72.8 Å². The van der Waals surface area contributed by atoms with Crippen molar-refractivity contribution in [2.45, 2.75) is 41.5 Å². The van der Waals surface area contributed by atoms with Crippen LogP contribution in [-0.4, -0.2) is 11.7 Å². The molecule has 0 aliphatic carbocycles. The van der Waals surface area contributed by atoms with Gasteiger partial charge in [-0.1, -0.05) is 104 Å². The number of hydrogen-bond donors (Lipinski definition) is 0. The zero-order valence-corrected chi connectivity index (χ0v) is 29.8. The van der Waals surface area contributed by atoms with Crippen LogP contribution in [0.15, 0.2) is 134 Å². The Kier molecular flexibility index (Phi) is 14.5. The Bertz CT molecular complexity index is 1670. The number of pyridine rings is 1. The molecule has 5 aromatic carbocycles. The third kappa shape index (κ3) is 10.3. The predicted molar refractivity (Wildman–Crippen MR) is 193 cm³/mol. The van der Waals surface area contributed by atoms with E-state index >= 15 is 0 Å². The first-order chi connectivity index (χ1) is 21.8. The fraction of sp³-hybridized carbons (Fsp3) is 0.140. The van der Waals surface area contributed by atoms with Crippen molar-refractivity contribution in [2.75, 3.05) is 0 Å². The van der Waals surface area contributed by atoms with Crippen molar-refractivity contribution < 1.29 is 21.1 Å². The summed E-state index contributed by atoms with van der Waals surface area (Å²) in [5.74, 6) is 6.71. The van der Waals surface area contributed by atoms with Crippen molar-refractivity contribution in [1.29, 1.82) is 0 Å². The molecule has 0 aliphatic rings. The summed E-state index contributed by atoms with van der Waals surface area (Å²) in [5, 5.41) is 0. The fourth-order valence-corrected chi connectivity index (χ4v) is 5.86. The zero-order valence-electron chi connectivity index (χ0n) is 27.5. The molecule has 0 amide bonds. The van der Waals surface area contributed by atoms with E-state index in [0.717, 1.165) is 11.3 Å². The van der Waals surface area contributed by atoms with Crippen molar-refractivity contribution in [3.8, 4) is 11.8 Å². The number of aromatic nitrogens is 1. The van der Waals surface area contributed by atoms with E-state index in [-0.39, 0.29) is 27.8 Å². The van der Waals surface area contributed by atoms with Gasteiger partial charge < -0.3 is 0 Å². The molecule has 0 saturated heterocycles. The van der Waals surface area contributed by atoms with E-state index in [9.17, 15) is 0 Å². The molecule has 6 aromatic rings. The average Bonchev–Trinajstić information content (AvgIpc) is 3.05. The molecular weight excluding hydrogens is 736 g/mol. The van der Waals surface area contributed by atoms with E-state index in [1.165, 1.54) is 49.8 Å². The van der Waals surface area contributed by atoms with E-state index in [1.807, 2.05) is 78.9 Å². The van der Waals surface area contributed by atoms with Crippen molar-refractivity contribution >= 4 is 23.1 Å². The van der Waals surface area contributed by atoms with E-state index in [4.69, 9.17) is 0 Å². The Morgan fingerprint density at radius 1 is 0.522 bits per heavy atom. The minimum absolute atomic E-state index is 0. The van der Waals surface area contributed by atoms with Gasteiger partial charge in [0.1, 0.15) is 5.69 Å². The number of hydrogen-bond acceptors (Lipinski definition) is 1. The molecule has 1 aromatic heterocycles. The van der Waals surface area contributed by atoms with E-state index in [0.29, 0.717) is 0 Å². The third-order valence-electron chi connectivity index (χ3n) is 7.53. The van der Waals surface area contributed by atoms with Crippen LogP contribution in [0.1, 0.15) is 44.6 Å². The Hall–Kier alpha value is -4.44. The van der Waals surface area contributed by atoms with Gasteiger partial charge in [-0.25, -0.2) is 4.98 Å². The Balaban J connectivity index is 0.000000368. The molecule has 0 fully saturated rings. The molecule has 3 heteroatoms. The van der Waals surface area contributed by atoms with E-state index < -0.39 is 0 Å². The van der Waals surface area contributed by atoms with Crippen molar-refractivity contribution in [2.24, 2.45) is 0 Å². The maximum atomic E-state index is 4.39. The van der Waals surface area contributed by atoms with Crippen molar-refractivity contribution in [3.05, 3.63) is 190 Å². The smallest absolute Gasteiger partial charge is 0.248 e. The Morgan fingerprint density at radius 2 is 0.978 bits per heavy atom. The van der Waals surface area contributed by atoms with Gasteiger partial charge in [0.25, 0.3) is 0 Å². The molecule has 6 rings (SSSR count). The molecule has 0 spiro atoms. The molecule has 0 atom stereocenters. The van der Waals surface area contributed by atoms with Gasteiger partial charge in [0.2, 0.25) is 6.71 Å². The molecule has 0 bridgehead atoms. The normalized spacial score (nSPS) is 9.61. The first-order valence-corrected chi connectivity index (χ1v) is 15.3. The van der Waals surface area contributed by atoms with Crippen LogP contribution in [0, 0.1) is 65.5 Å². The molecule has 0 aliphatic heterocycles. The van der Waals surface area contributed by atoms with Gasteiger partial charge in [0.05, 0.1) is 0 Å². The summed E-state index contributed by atoms with van der Waals surface area (Å²) >= 11 is 0. The van der Waals surface area contributed by atoms with Crippen LogP contribution >= 0.6 is 0 Å². The summed E-state index contributed by atoms with van der Waals surface area (Å²) in [7, 11) is 0. The number of aryl methyl sites for hydroxylation is 6. The molecule has 0 N–H and O–H groups in total. The van der Waals surface area contributed by atoms with Crippen LogP contribution in [0.2, 0.25) is 0 Å².